The van der Waals surface area contributed by atoms with Gasteiger partial charge >= 0.3 is 0 Å². The zero-order chi connectivity index (χ0) is 12.0. The summed E-state index contributed by atoms with van der Waals surface area (Å²) in [6.45, 7) is 6.84. The molecule has 5 nitrogen and oxygen atoms in total. The van der Waals surface area contributed by atoms with E-state index >= 15 is 0 Å². The van der Waals surface area contributed by atoms with Crippen molar-refractivity contribution in [2.45, 2.75) is 20.8 Å². The number of rotatable bonds is 4. The molecule has 0 aliphatic rings. The Kier molecular flexibility index (Phi) is 4.22. The molecule has 0 atom stereocenters. The van der Waals surface area contributed by atoms with Crippen LogP contribution in [0.25, 0.3) is 0 Å². The minimum atomic E-state index is -0.344. The van der Waals surface area contributed by atoms with Crippen molar-refractivity contribution in [1.29, 1.82) is 0 Å². The van der Waals surface area contributed by atoms with Gasteiger partial charge in [0.25, 0.3) is 0 Å². The molecule has 5 heteroatoms. The number of nitrogens with one attached hydrogen (secondary N) is 2. The second-order valence-electron chi connectivity index (χ2n) is 4.51. The average Bonchev–Trinajstić information content (AvgIpc) is 2.24. The van der Waals surface area contributed by atoms with Crippen LogP contribution in [0.3, 0.4) is 0 Å². The number of nitrogens with zero attached hydrogens (tertiary/aromatic N) is 2. The molecule has 0 aromatic carbocycles. The maximum atomic E-state index is 11.5. The van der Waals surface area contributed by atoms with Crippen LogP contribution in [0, 0.1) is 5.41 Å². The van der Waals surface area contributed by atoms with E-state index < -0.39 is 0 Å². The molecule has 2 N–H and O–H groups in total. The summed E-state index contributed by atoms with van der Waals surface area (Å²) in [7, 11) is 0. The van der Waals surface area contributed by atoms with E-state index in [4.69, 9.17) is 0 Å². The summed E-state index contributed by atoms with van der Waals surface area (Å²) < 4.78 is 0. The fraction of sp³-hybridized carbons (Fsp3) is 0.545. The van der Waals surface area contributed by atoms with Crippen LogP contribution in [-0.2, 0) is 4.79 Å². The lowest BCUT2D eigenvalue weighted by Crippen LogP contribution is -2.37. The molecule has 0 aliphatic heterocycles. The fourth-order valence-corrected chi connectivity index (χ4v) is 1.01. The van der Waals surface area contributed by atoms with Gasteiger partial charge in [-0.1, -0.05) is 20.8 Å². The molecule has 0 spiro atoms. The second kappa shape index (κ2) is 5.44. The molecule has 0 fully saturated rings. The highest BCUT2D eigenvalue weighted by atomic mass is 16.2. The van der Waals surface area contributed by atoms with Gasteiger partial charge in [-0.2, -0.15) is 0 Å². The summed E-state index contributed by atoms with van der Waals surface area (Å²) >= 11 is 0. The standard InChI is InChI=1S/C11H18N4O/c1-11(2,3)9(16)12-7-8-15-10-13-5-4-6-14-10/h4-6H,7-8H2,1-3H3,(H,12,16)(H,13,14,15). The molecule has 0 radical (unpaired) electrons. The first-order valence-corrected chi connectivity index (χ1v) is 5.29. The van der Waals surface area contributed by atoms with Gasteiger partial charge in [-0.15, -0.1) is 0 Å². The molecule has 88 valence electrons. The Morgan fingerprint density at radius 1 is 1.25 bits per heavy atom. The number of carbonyl (C=O) groups is 1. The van der Waals surface area contributed by atoms with Gasteiger partial charge in [0.05, 0.1) is 0 Å². The molecule has 0 bridgehead atoms. The van der Waals surface area contributed by atoms with Gasteiger partial charge in [0.1, 0.15) is 0 Å². The third-order valence-electron chi connectivity index (χ3n) is 1.94. The highest BCUT2D eigenvalue weighted by Gasteiger charge is 2.20. The number of aromatic nitrogens is 2. The monoisotopic (exact) mass is 222 g/mol. The molecule has 1 rings (SSSR count). The van der Waals surface area contributed by atoms with E-state index in [2.05, 4.69) is 20.6 Å². The van der Waals surface area contributed by atoms with Crippen molar-refractivity contribution in [3.63, 3.8) is 0 Å². The Morgan fingerprint density at radius 2 is 1.88 bits per heavy atom. The third kappa shape index (κ3) is 4.25. The largest absolute Gasteiger partial charge is 0.354 e. The average molecular weight is 222 g/mol. The number of anilines is 1. The lowest BCUT2D eigenvalue weighted by molar-refractivity contribution is -0.128. The van der Waals surface area contributed by atoms with Crippen molar-refractivity contribution in [1.82, 2.24) is 15.3 Å². The smallest absolute Gasteiger partial charge is 0.225 e. The topological polar surface area (TPSA) is 66.9 Å². The quantitative estimate of drug-likeness (QED) is 0.747. The van der Waals surface area contributed by atoms with Gasteiger partial charge in [0, 0.05) is 30.9 Å². The Bertz CT molecular complexity index is 332. The summed E-state index contributed by atoms with van der Waals surface area (Å²) in [5.74, 6) is 0.621. The fourth-order valence-electron chi connectivity index (χ4n) is 1.01. The predicted octanol–water partition coefficient (Wildman–Crippen LogP) is 1.05. The van der Waals surface area contributed by atoms with Crippen LogP contribution in [0.2, 0.25) is 0 Å². The Balaban J connectivity index is 2.20. The summed E-state index contributed by atoms with van der Waals surface area (Å²) in [6.07, 6.45) is 3.34. The maximum Gasteiger partial charge on any atom is 0.225 e. The molecule has 1 aromatic rings. The second-order valence-corrected chi connectivity index (χ2v) is 4.51. The zero-order valence-corrected chi connectivity index (χ0v) is 9.95. The van der Waals surface area contributed by atoms with Gasteiger partial charge in [0.2, 0.25) is 11.9 Å². The van der Waals surface area contributed by atoms with Crippen LogP contribution in [0.4, 0.5) is 5.95 Å². The predicted molar refractivity (Wildman–Crippen MR) is 63.0 cm³/mol. The van der Waals surface area contributed by atoms with E-state index in [0.29, 0.717) is 19.0 Å². The van der Waals surface area contributed by atoms with Crippen LogP contribution in [-0.4, -0.2) is 29.0 Å². The molecule has 1 amide bonds. The highest BCUT2D eigenvalue weighted by Crippen LogP contribution is 2.11. The van der Waals surface area contributed by atoms with Gasteiger partial charge in [-0.05, 0) is 6.07 Å². The van der Waals surface area contributed by atoms with Gasteiger partial charge in [-0.3, -0.25) is 4.79 Å². The van der Waals surface area contributed by atoms with Crippen molar-refractivity contribution < 1.29 is 4.79 Å². The number of carbonyl (C=O) groups excluding carboxylic acids is 1. The van der Waals surface area contributed by atoms with Gasteiger partial charge in [-0.25, -0.2) is 9.97 Å². The Morgan fingerprint density at radius 3 is 2.44 bits per heavy atom. The van der Waals surface area contributed by atoms with E-state index in [1.807, 2.05) is 20.8 Å². The van der Waals surface area contributed by atoms with E-state index in [-0.39, 0.29) is 11.3 Å². The first-order valence-electron chi connectivity index (χ1n) is 5.29. The molecular formula is C11H18N4O. The van der Waals surface area contributed by atoms with Crippen LogP contribution >= 0.6 is 0 Å². The van der Waals surface area contributed by atoms with Crippen LogP contribution in [0.15, 0.2) is 18.5 Å². The SMILES string of the molecule is CC(C)(C)C(=O)NCCNc1ncccn1. The summed E-state index contributed by atoms with van der Waals surface area (Å²) in [4.78, 5) is 19.5. The van der Waals surface area contributed by atoms with Crippen molar-refractivity contribution >= 4 is 11.9 Å². The minimum Gasteiger partial charge on any atom is -0.354 e. The lowest BCUT2D eigenvalue weighted by Gasteiger charge is -2.17. The third-order valence-corrected chi connectivity index (χ3v) is 1.94. The minimum absolute atomic E-state index is 0.0447. The van der Waals surface area contributed by atoms with E-state index in [0.717, 1.165) is 0 Å². The van der Waals surface area contributed by atoms with Gasteiger partial charge in [0.15, 0.2) is 0 Å². The molecule has 16 heavy (non-hydrogen) atoms. The molecule has 0 unspecified atom stereocenters. The van der Waals surface area contributed by atoms with Crippen molar-refractivity contribution in [3.05, 3.63) is 18.5 Å². The number of hydrogen-bond donors (Lipinski definition) is 2. The summed E-state index contributed by atoms with van der Waals surface area (Å²) in [5.41, 5.74) is -0.344. The molecule has 1 heterocycles. The van der Waals surface area contributed by atoms with Gasteiger partial charge < -0.3 is 10.6 Å². The Hall–Kier alpha value is -1.65. The summed E-state index contributed by atoms with van der Waals surface area (Å²) in [5, 5.41) is 5.85. The van der Waals surface area contributed by atoms with Crippen molar-refractivity contribution in [3.8, 4) is 0 Å². The van der Waals surface area contributed by atoms with Crippen molar-refractivity contribution in [2.75, 3.05) is 18.4 Å². The first-order chi connectivity index (χ1) is 7.50. The number of amides is 1. The van der Waals surface area contributed by atoms with Crippen LogP contribution < -0.4 is 10.6 Å². The summed E-state index contributed by atoms with van der Waals surface area (Å²) in [6, 6.07) is 1.76. The normalized spacial score (nSPS) is 10.9. The van der Waals surface area contributed by atoms with E-state index in [9.17, 15) is 4.79 Å². The molecule has 1 aromatic heterocycles. The van der Waals surface area contributed by atoms with Crippen molar-refractivity contribution in [2.24, 2.45) is 5.41 Å². The first kappa shape index (κ1) is 12.4. The number of hydrogen-bond acceptors (Lipinski definition) is 4. The highest BCUT2D eigenvalue weighted by molar-refractivity contribution is 5.81. The molecule has 0 saturated carbocycles. The van der Waals surface area contributed by atoms with E-state index in [1.165, 1.54) is 0 Å². The molecular weight excluding hydrogens is 204 g/mol. The molecule has 0 saturated heterocycles. The van der Waals surface area contributed by atoms with E-state index in [1.54, 1.807) is 18.5 Å². The Labute approximate surface area is 95.7 Å². The zero-order valence-electron chi connectivity index (χ0n) is 9.95. The molecule has 0 aliphatic carbocycles. The van der Waals surface area contributed by atoms with Crippen LogP contribution in [0.5, 0.6) is 0 Å². The lowest BCUT2D eigenvalue weighted by atomic mass is 9.96. The van der Waals surface area contributed by atoms with Crippen LogP contribution in [0.1, 0.15) is 20.8 Å². The maximum absolute atomic E-state index is 11.5.